The second-order valence-corrected chi connectivity index (χ2v) is 8.36. The molecular weight excluding hydrogens is 444 g/mol. The number of anilines is 1. The molecular formula is C25H28N8O2. The van der Waals surface area contributed by atoms with Gasteiger partial charge in [-0.05, 0) is 44.2 Å². The number of aliphatic hydroxyl groups is 1. The van der Waals surface area contributed by atoms with Gasteiger partial charge in [0.2, 0.25) is 5.95 Å². The van der Waals surface area contributed by atoms with Crippen molar-refractivity contribution in [1.82, 2.24) is 15.0 Å². The highest BCUT2D eigenvalue weighted by atomic mass is 16.5. The van der Waals surface area contributed by atoms with Gasteiger partial charge in [0.05, 0.1) is 59.4 Å². The van der Waals surface area contributed by atoms with Gasteiger partial charge >= 0.3 is 0 Å². The number of hydrogen-bond donors (Lipinski definition) is 3. The Morgan fingerprint density at radius 1 is 1.17 bits per heavy atom. The molecule has 10 heteroatoms. The maximum absolute atomic E-state index is 10.1. The van der Waals surface area contributed by atoms with Crippen molar-refractivity contribution in [2.24, 2.45) is 15.9 Å². The average Bonchev–Trinajstić information content (AvgIpc) is 2.85. The fraction of sp³-hybridized carbons (Fsp3) is 0.280. The van der Waals surface area contributed by atoms with Crippen molar-refractivity contribution in [1.29, 1.82) is 5.26 Å². The summed E-state index contributed by atoms with van der Waals surface area (Å²) in [5.41, 5.74) is 3.18. The topological polar surface area (TPSA) is 155 Å². The molecule has 0 spiro atoms. The second kappa shape index (κ2) is 11.8. The Hall–Kier alpha value is -4.20. The van der Waals surface area contributed by atoms with E-state index in [-0.39, 0.29) is 12.5 Å². The average molecular weight is 473 g/mol. The maximum atomic E-state index is 10.1. The number of rotatable bonds is 10. The molecule has 2 aromatic heterocycles. The molecule has 0 aliphatic heterocycles. The van der Waals surface area contributed by atoms with Gasteiger partial charge in [0.25, 0.3) is 0 Å². The molecule has 4 N–H and O–H groups in total. The van der Waals surface area contributed by atoms with Gasteiger partial charge in [0.1, 0.15) is 5.71 Å². The molecule has 0 atom stereocenters. The molecule has 0 saturated carbocycles. The maximum Gasteiger partial charge on any atom is 0.223 e. The predicted molar refractivity (Wildman–Crippen MR) is 135 cm³/mol. The van der Waals surface area contributed by atoms with Crippen LogP contribution >= 0.6 is 0 Å². The molecule has 180 valence electrons. The monoisotopic (exact) mass is 472 g/mol. The van der Waals surface area contributed by atoms with Crippen molar-refractivity contribution in [2.75, 3.05) is 19.0 Å². The highest BCUT2D eigenvalue weighted by Gasteiger charge is 2.15. The summed E-state index contributed by atoms with van der Waals surface area (Å²) in [4.78, 5) is 18.0. The van der Waals surface area contributed by atoms with Crippen LogP contribution in [0, 0.1) is 11.3 Å². The first-order chi connectivity index (χ1) is 16.8. The highest BCUT2D eigenvalue weighted by Crippen LogP contribution is 2.21. The number of pyridine rings is 1. The van der Waals surface area contributed by atoms with Crippen molar-refractivity contribution >= 4 is 17.9 Å². The Morgan fingerprint density at radius 2 is 1.94 bits per heavy atom. The molecule has 0 radical (unpaired) electrons. The van der Waals surface area contributed by atoms with E-state index in [2.05, 4.69) is 36.4 Å². The van der Waals surface area contributed by atoms with Crippen molar-refractivity contribution in [2.45, 2.75) is 32.6 Å². The van der Waals surface area contributed by atoms with Crippen LogP contribution in [0.1, 0.15) is 36.5 Å². The smallest absolute Gasteiger partial charge is 0.223 e. The lowest BCUT2D eigenvalue weighted by molar-refractivity contribution is 0.0943. The standard InChI is InChI=1S/C25H28N8O2/c1-25(2,34)16-29-24-31-21(18-7-4-6-17(10-18)12-26)11-22(32-24)23(33-27)14-28-13-19-8-5-9-20(30-19)15-35-3/h4-11,14,34H,13,15-16,27H2,1-3H3,(H,29,31,32). The molecule has 2 heterocycles. The number of nitrogens with zero attached hydrogens (tertiary/aromatic N) is 6. The highest BCUT2D eigenvalue weighted by molar-refractivity contribution is 6.37. The zero-order valence-corrected chi connectivity index (χ0v) is 19.9. The van der Waals surface area contributed by atoms with Gasteiger partial charge in [-0.1, -0.05) is 18.2 Å². The lowest BCUT2D eigenvalue weighted by Crippen LogP contribution is -2.30. The van der Waals surface area contributed by atoms with Gasteiger partial charge in [-0.25, -0.2) is 9.97 Å². The Bertz CT molecular complexity index is 1260. The number of hydrazone groups is 1. The number of hydrogen-bond acceptors (Lipinski definition) is 10. The molecule has 0 unspecified atom stereocenters. The normalized spacial score (nSPS) is 12.0. The first-order valence-corrected chi connectivity index (χ1v) is 10.9. The van der Waals surface area contributed by atoms with Crippen molar-refractivity contribution < 1.29 is 9.84 Å². The van der Waals surface area contributed by atoms with Gasteiger partial charge in [0.15, 0.2) is 0 Å². The first kappa shape index (κ1) is 25.4. The number of nitrogens with two attached hydrogens (primary N) is 1. The van der Waals surface area contributed by atoms with Crippen LogP contribution in [-0.2, 0) is 17.9 Å². The van der Waals surface area contributed by atoms with Crippen molar-refractivity contribution in [3.63, 3.8) is 0 Å². The zero-order valence-electron chi connectivity index (χ0n) is 19.9. The van der Waals surface area contributed by atoms with Crippen molar-refractivity contribution in [3.8, 4) is 17.3 Å². The fourth-order valence-electron chi connectivity index (χ4n) is 3.09. The number of ether oxygens (including phenoxy) is 1. The summed E-state index contributed by atoms with van der Waals surface area (Å²) in [6.45, 7) is 4.32. The number of aliphatic imine (C=N–C) groups is 1. The SMILES string of the molecule is COCc1cccc(CN=CC(=NN)c2cc(-c3cccc(C#N)c3)nc(NCC(C)(C)O)n2)n1. The van der Waals surface area contributed by atoms with Gasteiger partial charge in [-0.2, -0.15) is 10.4 Å². The molecule has 3 aromatic rings. The summed E-state index contributed by atoms with van der Waals surface area (Å²) in [5, 5.41) is 26.3. The van der Waals surface area contributed by atoms with E-state index >= 15 is 0 Å². The third-order valence-corrected chi connectivity index (χ3v) is 4.72. The number of nitriles is 1. The first-order valence-electron chi connectivity index (χ1n) is 10.9. The van der Waals surface area contributed by atoms with Crippen LogP contribution in [-0.4, -0.2) is 51.2 Å². The molecule has 3 rings (SSSR count). The van der Waals surface area contributed by atoms with E-state index < -0.39 is 5.60 Å². The predicted octanol–water partition coefficient (Wildman–Crippen LogP) is 2.67. The second-order valence-electron chi connectivity index (χ2n) is 8.36. The van der Waals surface area contributed by atoms with E-state index in [0.29, 0.717) is 35.8 Å². The molecule has 0 fully saturated rings. The van der Waals surface area contributed by atoms with Gasteiger partial charge < -0.3 is 21.0 Å². The summed E-state index contributed by atoms with van der Waals surface area (Å²) in [6, 6.07) is 16.6. The fourth-order valence-corrected chi connectivity index (χ4v) is 3.09. The Balaban J connectivity index is 1.91. The van der Waals surface area contributed by atoms with E-state index in [1.165, 1.54) is 6.21 Å². The minimum Gasteiger partial charge on any atom is -0.389 e. The number of nitrogens with one attached hydrogen (secondary N) is 1. The molecule has 1 aromatic carbocycles. The molecule has 0 amide bonds. The number of benzene rings is 1. The minimum absolute atomic E-state index is 0.223. The summed E-state index contributed by atoms with van der Waals surface area (Å²) in [7, 11) is 1.62. The molecule has 0 aliphatic carbocycles. The zero-order chi connectivity index (χ0) is 25.3. The molecule has 10 nitrogen and oxygen atoms in total. The Kier molecular flexibility index (Phi) is 8.56. The quantitative estimate of drug-likeness (QED) is 0.231. The van der Waals surface area contributed by atoms with Gasteiger partial charge in [-0.15, -0.1) is 0 Å². The van der Waals surface area contributed by atoms with E-state index in [0.717, 1.165) is 17.0 Å². The van der Waals surface area contributed by atoms with E-state index in [4.69, 9.17) is 10.6 Å². The third kappa shape index (κ3) is 7.67. The van der Waals surface area contributed by atoms with Crippen molar-refractivity contribution in [3.05, 3.63) is 71.2 Å². The Labute approximate surface area is 204 Å². The van der Waals surface area contributed by atoms with Crippen LogP contribution in [0.5, 0.6) is 0 Å². The summed E-state index contributed by atoms with van der Waals surface area (Å²) in [6.07, 6.45) is 1.53. The molecule has 0 aliphatic rings. The van der Waals surface area contributed by atoms with Crippen LogP contribution in [0.15, 0.2) is 58.6 Å². The minimum atomic E-state index is -0.975. The third-order valence-electron chi connectivity index (χ3n) is 4.72. The summed E-state index contributed by atoms with van der Waals surface area (Å²) >= 11 is 0. The summed E-state index contributed by atoms with van der Waals surface area (Å²) < 4.78 is 5.12. The Morgan fingerprint density at radius 3 is 2.66 bits per heavy atom. The number of aromatic nitrogens is 3. The lowest BCUT2D eigenvalue weighted by Gasteiger charge is -2.18. The largest absolute Gasteiger partial charge is 0.389 e. The van der Waals surface area contributed by atoms with Crippen LogP contribution < -0.4 is 11.2 Å². The van der Waals surface area contributed by atoms with Crippen LogP contribution in [0.4, 0.5) is 5.95 Å². The molecule has 0 bridgehead atoms. The summed E-state index contributed by atoms with van der Waals surface area (Å²) in [5.74, 6) is 5.96. The van der Waals surface area contributed by atoms with Crippen LogP contribution in [0.3, 0.4) is 0 Å². The van der Waals surface area contributed by atoms with E-state index in [1.54, 1.807) is 45.2 Å². The molecule has 35 heavy (non-hydrogen) atoms. The van der Waals surface area contributed by atoms with Crippen LogP contribution in [0.25, 0.3) is 11.3 Å². The van der Waals surface area contributed by atoms with E-state index in [9.17, 15) is 10.4 Å². The van der Waals surface area contributed by atoms with Gasteiger partial charge in [0, 0.05) is 19.2 Å². The van der Waals surface area contributed by atoms with Gasteiger partial charge in [-0.3, -0.25) is 9.98 Å². The lowest BCUT2D eigenvalue weighted by atomic mass is 10.1. The van der Waals surface area contributed by atoms with E-state index in [1.807, 2.05) is 24.3 Å². The number of methoxy groups -OCH3 is 1. The molecule has 0 saturated heterocycles. The van der Waals surface area contributed by atoms with Crippen LogP contribution in [0.2, 0.25) is 0 Å².